The van der Waals surface area contributed by atoms with Crippen LogP contribution >= 0.6 is 0 Å². The van der Waals surface area contributed by atoms with Gasteiger partial charge >= 0.3 is 0 Å². The fourth-order valence-corrected chi connectivity index (χ4v) is 2.80. The van der Waals surface area contributed by atoms with Crippen LogP contribution in [0.15, 0.2) is 11.8 Å². The van der Waals surface area contributed by atoms with E-state index in [4.69, 9.17) is 14.2 Å². The molecule has 0 aromatic rings. The van der Waals surface area contributed by atoms with E-state index in [1.54, 1.807) is 0 Å². The van der Waals surface area contributed by atoms with Crippen molar-refractivity contribution in [2.45, 2.75) is 44.2 Å². The summed E-state index contributed by atoms with van der Waals surface area (Å²) in [7, 11) is 1.81. The van der Waals surface area contributed by atoms with E-state index in [9.17, 15) is 0 Å². The molecule has 1 N–H and O–H groups in total. The molecular formula is C14H25NO3. The number of methoxy groups -OCH3 is 1. The summed E-state index contributed by atoms with van der Waals surface area (Å²) in [6.07, 6.45) is 6.16. The Morgan fingerprint density at radius 1 is 1.39 bits per heavy atom. The number of nitrogens with one attached hydrogen (secondary N) is 1. The van der Waals surface area contributed by atoms with Crippen LogP contribution in [-0.2, 0) is 14.2 Å². The van der Waals surface area contributed by atoms with Crippen molar-refractivity contribution in [1.29, 1.82) is 0 Å². The molecule has 0 aromatic heterocycles. The zero-order valence-corrected chi connectivity index (χ0v) is 11.5. The Morgan fingerprint density at radius 3 is 2.72 bits per heavy atom. The van der Waals surface area contributed by atoms with E-state index in [-0.39, 0.29) is 11.6 Å². The van der Waals surface area contributed by atoms with Gasteiger partial charge in [0, 0.05) is 39.6 Å². The van der Waals surface area contributed by atoms with Crippen LogP contribution in [0.25, 0.3) is 0 Å². The van der Waals surface area contributed by atoms with Crippen LogP contribution in [0.3, 0.4) is 0 Å². The molecule has 104 valence electrons. The lowest BCUT2D eigenvalue weighted by molar-refractivity contribution is -0.110. The van der Waals surface area contributed by atoms with E-state index in [0.29, 0.717) is 0 Å². The standard InChI is InChI=1S/C14H25NO3/c1-3-8-15-13(12-5-4-9-18-12)14(16-2)6-10-17-11-7-14/h5,13,15H,3-4,6-11H2,1-2H3. The third-order valence-corrected chi connectivity index (χ3v) is 3.89. The van der Waals surface area contributed by atoms with Crippen molar-refractivity contribution in [1.82, 2.24) is 5.32 Å². The molecule has 0 bridgehead atoms. The van der Waals surface area contributed by atoms with Gasteiger partial charge in [-0.3, -0.25) is 0 Å². The highest BCUT2D eigenvalue weighted by molar-refractivity contribution is 5.15. The summed E-state index contributed by atoms with van der Waals surface area (Å²) < 4.78 is 17.1. The molecule has 0 spiro atoms. The van der Waals surface area contributed by atoms with Gasteiger partial charge in [0.15, 0.2) is 0 Å². The minimum absolute atomic E-state index is 0.161. The maximum absolute atomic E-state index is 5.89. The number of rotatable bonds is 6. The molecular weight excluding hydrogens is 230 g/mol. The highest BCUT2D eigenvalue weighted by Gasteiger charge is 2.43. The summed E-state index contributed by atoms with van der Waals surface area (Å²) in [6.45, 7) is 5.50. The van der Waals surface area contributed by atoms with E-state index in [1.807, 2.05) is 7.11 Å². The van der Waals surface area contributed by atoms with Gasteiger partial charge in [-0.15, -0.1) is 0 Å². The molecule has 1 saturated heterocycles. The van der Waals surface area contributed by atoms with Crippen molar-refractivity contribution in [2.24, 2.45) is 0 Å². The number of hydrogen-bond acceptors (Lipinski definition) is 4. The molecule has 4 heteroatoms. The summed E-state index contributed by atoms with van der Waals surface area (Å²) >= 11 is 0. The van der Waals surface area contributed by atoms with Gasteiger partial charge in [0.25, 0.3) is 0 Å². The van der Waals surface area contributed by atoms with Gasteiger partial charge < -0.3 is 19.5 Å². The Bertz CT molecular complexity index is 285. The second-order valence-corrected chi connectivity index (χ2v) is 5.01. The second-order valence-electron chi connectivity index (χ2n) is 5.01. The van der Waals surface area contributed by atoms with Crippen LogP contribution in [0.4, 0.5) is 0 Å². The molecule has 0 amide bonds. The lowest BCUT2D eigenvalue weighted by atomic mass is 9.84. The Labute approximate surface area is 110 Å². The van der Waals surface area contributed by atoms with E-state index in [2.05, 4.69) is 18.3 Å². The van der Waals surface area contributed by atoms with Gasteiger partial charge in [0.1, 0.15) is 5.76 Å². The summed E-state index contributed by atoms with van der Waals surface area (Å²) in [5.74, 6) is 1.06. The zero-order chi connectivity index (χ0) is 12.8. The zero-order valence-electron chi connectivity index (χ0n) is 11.5. The van der Waals surface area contributed by atoms with Crippen LogP contribution in [0.5, 0.6) is 0 Å². The maximum Gasteiger partial charge on any atom is 0.112 e. The minimum atomic E-state index is -0.177. The molecule has 1 atom stereocenters. The molecule has 1 unspecified atom stereocenters. The first-order valence-electron chi connectivity index (χ1n) is 7.01. The predicted octanol–water partition coefficient (Wildman–Crippen LogP) is 1.85. The van der Waals surface area contributed by atoms with Crippen molar-refractivity contribution < 1.29 is 14.2 Å². The maximum atomic E-state index is 5.89. The van der Waals surface area contributed by atoms with Gasteiger partial charge in [0.2, 0.25) is 0 Å². The summed E-state index contributed by atoms with van der Waals surface area (Å²) in [5, 5.41) is 3.60. The first kappa shape index (κ1) is 13.8. The average molecular weight is 255 g/mol. The third kappa shape index (κ3) is 2.87. The van der Waals surface area contributed by atoms with Crippen molar-refractivity contribution in [2.75, 3.05) is 33.5 Å². The first-order valence-corrected chi connectivity index (χ1v) is 7.01. The SMILES string of the molecule is CCCNC(C1=CCCO1)C1(OC)CCOCC1. The van der Waals surface area contributed by atoms with Gasteiger partial charge in [-0.25, -0.2) is 0 Å². The lowest BCUT2D eigenvalue weighted by Gasteiger charge is -2.42. The molecule has 4 nitrogen and oxygen atoms in total. The fourth-order valence-electron chi connectivity index (χ4n) is 2.80. The summed E-state index contributed by atoms with van der Waals surface area (Å²) in [4.78, 5) is 0. The van der Waals surface area contributed by atoms with Gasteiger partial charge in [-0.05, 0) is 19.0 Å². The predicted molar refractivity (Wildman–Crippen MR) is 70.5 cm³/mol. The monoisotopic (exact) mass is 255 g/mol. The summed E-state index contributed by atoms with van der Waals surface area (Å²) in [5.41, 5.74) is -0.177. The molecule has 18 heavy (non-hydrogen) atoms. The Morgan fingerprint density at radius 2 is 2.17 bits per heavy atom. The summed E-state index contributed by atoms with van der Waals surface area (Å²) in [6, 6.07) is 0.161. The number of hydrogen-bond donors (Lipinski definition) is 1. The van der Waals surface area contributed by atoms with E-state index in [0.717, 1.165) is 57.8 Å². The van der Waals surface area contributed by atoms with Crippen molar-refractivity contribution in [3.05, 3.63) is 11.8 Å². The number of ether oxygens (including phenoxy) is 3. The molecule has 1 fully saturated rings. The highest BCUT2D eigenvalue weighted by Crippen LogP contribution is 2.33. The van der Waals surface area contributed by atoms with Crippen molar-refractivity contribution >= 4 is 0 Å². The molecule has 2 rings (SSSR count). The molecule has 2 aliphatic rings. The van der Waals surface area contributed by atoms with E-state index >= 15 is 0 Å². The normalized spacial score (nSPS) is 24.4. The average Bonchev–Trinajstić information content (AvgIpc) is 2.94. The van der Waals surface area contributed by atoms with Crippen molar-refractivity contribution in [3.8, 4) is 0 Å². The van der Waals surface area contributed by atoms with Crippen LogP contribution in [0, 0.1) is 0 Å². The second kappa shape index (κ2) is 6.55. The molecule has 0 radical (unpaired) electrons. The van der Waals surface area contributed by atoms with E-state index in [1.165, 1.54) is 0 Å². The minimum Gasteiger partial charge on any atom is -0.496 e. The first-order chi connectivity index (χ1) is 8.82. The molecule has 0 aromatic carbocycles. The quantitative estimate of drug-likeness (QED) is 0.786. The highest BCUT2D eigenvalue weighted by atomic mass is 16.5. The molecule has 0 aliphatic carbocycles. The molecule has 2 aliphatic heterocycles. The topological polar surface area (TPSA) is 39.7 Å². The smallest absolute Gasteiger partial charge is 0.112 e. The van der Waals surface area contributed by atoms with Gasteiger partial charge in [0.05, 0.1) is 18.2 Å². The van der Waals surface area contributed by atoms with Crippen LogP contribution in [0.2, 0.25) is 0 Å². The van der Waals surface area contributed by atoms with Crippen LogP contribution in [0.1, 0.15) is 32.6 Å². The van der Waals surface area contributed by atoms with Crippen LogP contribution in [-0.4, -0.2) is 45.1 Å². The molecule has 2 heterocycles. The Kier molecular flexibility index (Phi) is 5.03. The lowest BCUT2D eigenvalue weighted by Crippen LogP contribution is -2.56. The van der Waals surface area contributed by atoms with Crippen LogP contribution < -0.4 is 5.32 Å². The largest absolute Gasteiger partial charge is 0.496 e. The van der Waals surface area contributed by atoms with Gasteiger partial charge in [-0.1, -0.05) is 6.92 Å². The van der Waals surface area contributed by atoms with Gasteiger partial charge in [-0.2, -0.15) is 0 Å². The molecule has 0 saturated carbocycles. The van der Waals surface area contributed by atoms with E-state index < -0.39 is 0 Å². The van der Waals surface area contributed by atoms with Crippen molar-refractivity contribution in [3.63, 3.8) is 0 Å². The Hall–Kier alpha value is -0.580. The Balaban J connectivity index is 2.13. The fraction of sp³-hybridized carbons (Fsp3) is 0.857. The third-order valence-electron chi connectivity index (χ3n) is 3.89.